The molecule has 19 heavy (non-hydrogen) atoms. The Bertz CT molecular complexity index is 536. The normalized spacial score (nSPS) is 14.0. The highest BCUT2D eigenvalue weighted by atomic mass is 19.1. The van der Waals surface area contributed by atoms with Crippen LogP contribution in [0.2, 0.25) is 0 Å². The predicted molar refractivity (Wildman–Crippen MR) is 64.3 cm³/mol. The Balaban J connectivity index is 3.02. The first-order valence-corrected chi connectivity index (χ1v) is 5.39. The minimum absolute atomic E-state index is 0.0249. The second-order valence-electron chi connectivity index (χ2n) is 3.83. The van der Waals surface area contributed by atoms with Crippen molar-refractivity contribution in [1.29, 1.82) is 5.26 Å². The number of aliphatic hydroxyl groups is 2. The van der Waals surface area contributed by atoms with Gasteiger partial charge in [-0.15, -0.1) is 0 Å². The summed E-state index contributed by atoms with van der Waals surface area (Å²) in [7, 11) is 0. The molecule has 0 amide bonds. The second kappa shape index (κ2) is 6.64. The highest BCUT2D eigenvalue weighted by molar-refractivity contribution is 5.85. The summed E-state index contributed by atoms with van der Waals surface area (Å²) in [5, 5.41) is 36.1. The van der Waals surface area contributed by atoms with Gasteiger partial charge < -0.3 is 15.3 Å². The first-order chi connectivity index (χ1) is 8.95. The third kappa shape index (κ3) is 4.17. The van der Waals surface area contributed by atoms with E-state index in [0.717, 1.165) is 18.2 Å². The summed E-state index contributed by atoms with van der Waals surface area (Å²) in [5.74, 6) is -1.88. The van der Waals surface area contributed by atoms with Crippen LogP contribution in [-0.2, 0) is 4.79 Å². The number of nitrogens with zero attached hydrogens (tertiary/aromatic N) is 1. The van der Waals surface area contributed by atoms with E-state index in [-0.39, 0.29) is 17.5 Å². The summed E-state index contributed by atoms with van der Waals surface area (Å²) in [6.07, 6.45) is -1.08. The lowest BCUT2D eigenvalue weighted by Crippen LogP contribution is -2.17. The maximum Gasteiger partial charge on any atom is 0.328 e. The molecule has 0 spiro atoms. The Kier molecular flexibility index (Phi) is 5.18. The fraction of sp³-hybridized carbons (Fsp3) is 0.231. The number of aliphatic carboxylic acids is 1. The van der Waals surface area contributed by atoms with E-state index in [1.165, 1.54) is 12.1 Å². The van der Waals surface area contributed by atoms with Gasteiger partial charge in [0.1, 0.15) is 11.9 Å². The molecule has 1 aromatic rings. The lowest BCUT2D eigenvalue weighted by Gasteiger charge is -2.16. The Labute approximate surface area is 108 Å². The molecular weight excluding hydrogens is 253 g/mol. The van der Waals surface area contributed by atoms with Gasteiger partial charge in [-0.25, -0.2) is 9.18 Å². The molecule has 0 aromatic heterocycles. The topological polar surface area (TPSA) is 102 Å². The molecule has 0 aliphatic heterocycles. The molecule has 0 bridgehead atoms. The smallest absolute Gasteiger partial charge is 0.328 e. The largest absolute Gasteiger partial charge is 0.478 e. The van der Waals surface area contributed by atoms with Crippen LogP contribution in [0.4, 0.5) is 4.39 Å². The van der Waals surface area contributed by atoms with E-state index in [4.69, 9.17) is 10.4 Å². The first-order valence-electron chi connectivity index (χ1n) is 5.39. The molecule has 0 radical (unpaired) electrons. The van der Waals surface area contributed by atoms with Crippen LogP contribution in [0.1, 0.15) is 23.7 Å². The zero-order valence-corrected chi connectivity index (χ0v) is 9.82. The summed E-state index contributed by atoms with van der Waals surface area (Å²) in [4.78, 5) is 10.4. The van der Waals surface area contributed by atoms with Crippen LogP contribution in [0.15, 0.2) is 24.3 Å². The van der Waals surface area contributed by atoms with Gasteiger partial charge in [0.05, 0.1) is 18.6 Å². The minimum Gasteiger partial charge on any atom is -0.478 e. The van der Waals surface area contributed by atoms with Gasteiger partial charge in [0, 0.05) is 11.6 Å². The van der Waals surface area contributed by atoms with E-state index in [2.05, 4.69) is 0 Å². The third-order valence-electron chi connectivity index (χ3n) is 2.43. The van der Waals surface area contributed by atoms with Gasteiger partial charge in [-0.2, -0.15) is 5.26 Å². The number of carboxylic acid groups (broad SMARTS) is 1. The minimum atomic E-state index is -1.34. The zero-order chi connectivity index (χ0) is 14.4. The van der Waals surface area contributed by atoms with Crippen LogP contribution in [0.25, 0.3) is 6.08 Å². The molecule has 2 unspecified atom stereocenters. The van der Waals surface area contributed by atoms with Crippen molar-refractivity contribution in [3.8, 4) is 6.07 Å². The predicted octanol–water partition coefficient (Wildman–Crippen LogP) is 1.23. The number of carbonyl (C=O) groups is 1. The summed E-state index contributed by atoms with van der Waals surface area (Å²) < 4.78 is 13.4. The molecule has 5 nitrogen and oxygen atoms in total. The monoisotopic (exact) mass is 265 g/mol. The van der Waals surface area contributed by atoms with Crippen molar-refractivity contribution in [1.82, 2.24) is 0 Å². The Hall–Kier alpha value is -2.23. The average molecular weight is 265 g/mol. The summed E-state index contributed by atoms with van der Waals surface area (Å²) in [6, 6.07) is 5.25. The number of aliphatic hydroxyl groups excluding tert-OH is 2. The molecule has 0 heterocycles. The zero-order valence-electron chi connectivity index (χ0n) is 9.82. The molecule has 2 atom stereocenters. The Morgan fingerprint density at radius 3 is 2.74 bits per heavy atom. The molecule has 1 rings (SSSR count). The highest BCUT2D eigenvalue weighted by Crippen LogP contribution is 2.22. The van der Waals surface area contributed by atoms with Crippen molar-refractivity contribution >= 4 is 12.0 Å². The van der Waals surface area contributed by atoms with Crippen molar-refractivity contribution in [2.75, 3.05) is 0 Å². The Morgan fingerprint density at radius 2 is 2.16 bits per heavy atom. The van der Waals surface area contributed by atoms with Crippen LogP contribution in [0.5, 0.6) is 0 Å². The number of hydrogen-bond acceptors (Lipinski definition) is 4. The van der Waals surface area contributed by atoms with E-state index in [9.17, 15) is 19.4 Å². The third-order valence-corrected chi connectivity index (χ3v) is 2.43. The van der Waals surface area contributed by atoms with Crippen LogP contribution >= 0.6 is 0 Å². The number of hydrogen-bond donors (Lipinski definition) is 3. The molecule has 0 fully saturated rings. The maximum absolute atomic E-state index is 13.4. The van der Waals surface area contributed by atoms with Crippen LogP contribution < -0.4 is 0 Å². The van der Waals surface area contributed by atoms with Gasteiger partial charge in [-0.05, 0) is 23.8 Å². The molecule has 0 aliphatic rings. The maximum atomic E-state index is 13.4. The number of benzene rings is 1. The van der Waals surface area contributed by atoms with E-state index in [1.807, 2.05) is 0 Å². The number of halogens is 1. The highest BCUT2D eigenvalue weighted by Gasteiger charge is 2.18. The number of nitriles is 1. The van der Waals surface area contributed by atoms with Gasteiger partial charge in [0.2, 0.25) is 0 Å². The molecule has 0 aliphatic carbocycles. The van der Waals surface area contributed by atoms with Crippen LogP contribution in [0.3, 0.4) is 0 Å². The molecule has 0 saturated carbocycles. The van der Waals surface area contributed by atoms with Crippen LogP contribution in [0, 0.1) is 17.1 Å². The van der Waals surface area contributed by atoms with Gasteiger partial charge in [0.25, 0.3) is 0 Å². The molecule has 3 N–H and O–H groups in total. The van der Waals surface area contributed by atoms with E-state index in [1.54, 1.807) is 6.07 Å². The summed E-state index contributed by atoms with van der Waals surface area (Å²) in [5.41, 5.74) is 0.178. The SMILES string of the molecule is N#CCC(O)C(O)c1ccc(F)c(/C=C/C(=O)O)c1. The second-order valence-corrected chi connectivity index (χ2v) is 3.83. The van der Waals surface area contributed by atoms with Crippen molar-refractivity contribution in [3.63, 3.8) is 0 Å². The number of rotatable bonds is 5. The summed E-state index contributed by atoms with van der Waals surface area (Å²) >= 11 is 0. The van der Waals surface area contributed by atoms with Crippen molar-refractivity contribution in [2.45, 2.75) is 18.6 Å². The molecule has 6 heteroatoms. The van der Waals surface area contributed by atoms with E-state index in [0.29, 0.717) is 0 Å². The van der Waals surface area contributed by atoms with Gasteiger partial charge in [-0.3, -0.25) is 0 Å². The van der Waals surface area contributed by atoms with Crippen LogP contribution in [-0.4, -0.2) is 27.4 Å². The van der Waals surface area contributed by atoms with Crippen molar-refractivity contribution < 1.29 is 24.5 Å². The van der Waals surface area contributed by atoms with Gasteiger partial charge >= 0.3 is 5.97 Å². The van der Waals surface area contributed by atoms with Crippen molar-refractivity contribution in [3.05, 3.63) is 41.2 Å². The lowest BCUT2D eigenvalue weighted by molar-refractivity contribution is -0.131. The lowest BCUT2D eigenvalue weighted by atomic mass is 10.00. The molecule has 1 aromatic carbocycles. The quantitative estimate of drug-likeness (QED) is 0.695. The molecular formula is C13H12FNO4. The summed E-state index contributed by atoms with van der Waals surface area (Å²) in [6.45, 7) is 0. The fourth-order valence-electron chi connectivity index (χ4n) is 1.46. The molecule has 0 saturated heterocycles. The standard InChI is InChI=1S/C13H12FNO4/c14-10-3-1-9(13(19)11(16)5-6-15)7-8(10)2-4-12(17)18/h1-4,7,11,13,16,19H,5H2,(H,17,18)/b4-2+. The van der Waals surface area contributed by atoms with E-state index >= 15 is 0 Å². The van der Waals surface area contributed by atoms with Crippen molar-refractivity contribution in [2.24, 2.45) is 0 Å². The molecule has 100 valence electrons. The van der Waals surface area contributed by atoms with E-state index < -0.39 is 24.0 Å². The Morgan fingerprint density at radius 1 is 1.47 bits per heavy atom. The first kappa shape index (κ1) is 14.8. The average Bonchev–Trinajstić information content (AvgIpc) is 2.37. The fourth-order valence-corrected chi connectivity index (χ4v) is 1.46. The number of carboxylic acids is 1. The van der Waals surface area contributed by atoms with Gasteiger partial charge in [0.15, 0.2) is 0 Å². The van der Waals surface area contributed by atoms with Gasteiger partial charge in [-0.1, -0.05) is 6.07 Å².